The molecular formula is C24H45N2O2S+. The smallest absolute Gasteiger partial charge is 0.225 e. The summed E-state index contributed by atoms with van der Waals surface area (Å²) in [5.74, 6) is 1.30. The van der Waals surface area contributed by atoms with Crippen molar-refractivity contribution in [1.82, 2.24) is 0 Å². The van der Waals surface area contributed by atoms with Crippen LogP contribution in [0.1, 0.15) is 61.0 Å². The highest BCUT2D eigenvalue weighted by Gasteiger charge is 2.43. The molecule has 0 aliphatic heterocycles. The van der Waals surface area contributed by atoms with Crippen LogP contribution in [-0.4, -0.2) is 45.5 Å². The van der Waals surface area contributed by atoms with E-state index in [0.29, 0.717) is 21.6 Å². The number of aliphatic hydroxyl groups is 1. The van der Waals surface area contributed by atoms with Crippen LogP contribution < -0.4 is 0 Å². The largest absolute Gasteiger partial charge is 0.394 e. The number of hydrogen-bond acceptors (Lipinski definition) is 3. The van der Waals surface area contributed by atoms with E-state index in [1.165, 1.54) is 0 Å². The third-order valence-electron chi connectivity index (χ3n) is 5.18. The highest BCUT2D eigenvalue weighted by atomic mass is 32.2. The zero-order chi connectivity index (χ0) is 22.4. The molecule has 0 saturated carbocycles. The van der Waals surface area contributed by atoms with Crippen molar-refractivity contribution in [2.24, 2.45) is 28.0 Å². The minimum atomic E-state index is -2.83. The van der Waals surface area contributed by atoms with Crippen molar-refractivity contribution in [3.63, 3.8) is 0 Å². The lowest BCUT2D eigenvalue weighted by atomic mass is 10.1. The summed E-state index contributed by atoms with van der Waals surface area (Å²) in [5.41, 5.74) is 1.15. The van der Waals surface area contributed by atoms with Crippen LogP contribution >= 0.6 is 0 Å². The Bertz CT molecular complexity index is 703. The average molecular weight is 426 g/mol. The molecule has 1 rings (SSSR count). The van der Waals surface area contributed by atoms with Crippen molar-refractivity contribution < 1.29 is 13.2 Å². The van der Waals surface area contributed by atoms with Crippen molar-refractivity contribution in [3.8, 4) is 0 Å². The standard InChI is InChI=1S/C24H45N2O2S/c1-18(2)14-26(15-19(3)4,16-20(5)6)29(28,25-24(17-27)21(7)8)23-12-10-22(9)11-13-23/h10-13,18-21,24,27H,14-17H2,1-9H3/q+1/t24-,29?/m1/s1. The first kappa shape index (κ1) is 26.1. The molecule has 0 radical (unpaired) electrons. The van der Waals surface area contributed by atoms with Gasteiger partial charge in [-0.1, -0.05) is 73.1 Å². The highest BCUT2D eigenvalue weighted by molar-refractivity contribution is 7.88. The molecule has 0 aromatic heterocycles. The molecule has 0 fully saturated rings. The molecule has 29 heavy (non-hydrogen) atoms. The number of nitrogens with zero attached hydrogens (tertiary/aromatic N) is 2. The fourth-order valence-corrected chi connectivity index (χ4v) is 7.61. The maximum Gasteiger partial charge on any atom is 0.225 e. The van der Waals surface area contributed by atoms with Crippen molar-refractivity contribution in [2.45, 2.75) is 73.3 Å². The lowest BCUT2D eigenvalue weighted by Crippen LogP contribution is -2.58. The lowest BCUT2D eigenvalue weighted by Gasteiger charge is -2.44. The molecule has 1 unspecified atom stereocenters. The quantitative estimate of drug-likeness (QED) is 0.473. The highest BCUT2D eigenvalue weighted by Crippen LogP contribution is 2.33. The van der Waals surface area contributed by atoms with E-state index in [0.717, 1.165) is 30.1 Å². The summed E-state index contributed by atoms with van der Waals surface area (Å²) in [6.07, 6.45) is 0. The second-order valence-electron chi connectivity index (χ2n) is 10.2. The van der Waals surface area contributed by atoms with Crippen molar-refractivity contribution in [2.75, 3.05) is 26.2 Å². The van der Waals surface area contributed by atoms with Gasteiger partial charge in [-0.3, -0.25) is 0 Å². The van der Waals surface area contributed by atoms with Gasteiger partial charge in [0.1, 0.15) is 4.90 Å². The van der Waals surface area contributed by atoms with Gasteiger partial charge in [-0.15, -0.1) is 0 Å². The topological polar surface area (TPSA) is 49.7 Å². The minimum absolute atomic E-state index is 0.0778. The maximum atomic E-state index is 15.1. The number of hydrogen-bond donors (Lipinski definition) is 1. The van der Waals surface area contributed by atoms with E-state index >= 15 is 4.21 Å². The molecule has 4 nitrogen and oxygen atoms in total. The van der Waals surface area contributed by atoms with E-state index in [1.54, 1.807) is 0 Å². The van der Waals surface area contributed by atoms with Gasteiger partial charge in [0.05, 0.1) is 32.3 Å². The SMILES string of the molecule is Cc1ccc(S(=O)(=N[C@H](CO)C(C)C)[N+](CC(C)C)(CC(C)C)CC(C)C)cc1. The van der Waals surface area contributed by atoms with Crippen LogP contribution in [0, 0.1) is 30.6 Å². The average Bonchev–Trinajstić information content (AvgIpc) is 2.57. The molecule has 0 spiro atoms. The van der Waals surface area contributed by atoms with Crippen LogP contribution in [0.5, 0.6) is 0 Å². The van der Waals surface area contributed by atoms with Crippen molar-refractivity contribution >= 4 is 9.92 Å². The Hall–Kier alpha value is -0.910. The Morgan fingerprint density at radius 3 is 1.59 bits per heavy atom. The summed E-state index contributed by atoms with van der Waals surface area (Å²) in [7, 11) is -2.83. The number of aliphatic hydroxyl groups excluding tert-OH is 1. The zero-order valence-corrected chi connectivity index (χ0v) is 21.0. The molecule has 0 bridgehead atoms. The Labute approximate surface area is 180 Å². The summed E-state index contributed by atoms with van der Waals surface area (Å²) in [5, 5.41) is 10.0. The minimum Gasteiger partial charge on any atom is -0.394 e. The van der Waals surface area contributed by atoms with E-state index in [-0.39, 0.29) is 18.6 Å². The first-order chi connectivity index (χ1) is 13.4. The number of rotatable bonds is 11. The molecule has 1 aromatic carbocycles. The Kier molecular flexibility index (Phi) is 9.84. The first-order valence-electron chi connectivity index (χ1n) is 11.2. The molecule has 0 aliphatic rings. The monoisotopic (exact) mass is 425 g/mol. The number of aryl methyl sites for hydroxylation is 1. The molecule has 5 heteroatoms. The third-order valence-corrected chi connectivity index (χ3v) is 8.12. The van der Waals surface area contributed by atoms with Gasteiger partial charge < -0.3 is 5.11 Å². The normalized spacial score (nSPS) is 15.9. The van der Waals surface area contributed by atoms with E-state index in [4.69, 9.17) is 4.36 Å². The summed E-state index contributed by atoms with van der Waals surface area (Å²) in [4.78, 5) is 0.796. The van der Waals surface area contributed by atoms with Gasteiger partial charge in [-0.25, -0.2) is 3.89 Å². The van der Waals surface area contributed by atoms with Gasteiger partial charge in [0.15, 0.2) is 0 Å². The maximum absolute atomic E-state index is 15.1. The Morgan fingerprint density at radius 1 is 0.862 bits per heavy atom. The lowest BCUT2D eigenvalue weighted by molar-refractivity contribution is -0.815. The number of quaternary nitrogens is 1. The zero-order valence-electron chi connectivity index (χ0n) is 20.2. The van der Waals surface area contributed by atoms with Gasteiger partial charge in [0, 0.05) is 17.8 Å². The van der Waals surface area contributed by atoms with E-state index in [9.17, 15) is 5.11 Å². The molecule has 0 saturated heterocycles. The van der Waals surface area contributed by atoms with Crippen LogP contribution in [0.25, 0.3) is 0 Å². The predicted octanol–water partition coefficient (Wildman–Crippen LogP) is 5.54. The summed E-state index contributed by atoms with van der Waals surface area (Å²) in [6.45, 7) is 21.7. The van der Waals surface area contributed by atoms with Gasteiger partial charge >= 0.3 is 0 Å². The molecule has 0 amide bonds. The summed E-state index contributed by atoms with van der Waals surface area (Å²) >= 11 is 0. The van der Waals surface area contributed by atoms with Crippen LogP contribution in [0.2, 0.25) is 0 Å². The van der Waals surface area contributed by atoms with E-state index in [1.807, 2.05) is 45.0 Å². The van der Waals surface area contributed by atoms with Crippen LogP contribution in [0.4, 0.5) is 0 Å². The van der Waals surface area contributed by atoms with Gasteiger partial charge in [-0.2, -0.15) is 8.57 Å². The Morgan fingerprint density at radius 2 is 1.28 bits per heavy atom. The first-order valence-corrected chi connectivity index (χ1v) is 12.6. The second-order valence-corrected chi connectivity index (χ2v) is 12.6. The van der Waals surface area contributed by atoms with E-state index < -0.39 is 9.92 Å². The fraction of sp³-hybridized carbons (Fsp3) is 0.750. The molecule has 1 N–H and O–H groups in total. The summed E-state index contributed by atoms with van der Waals surface area (Å²) in [6, 6.07) is 7.70. The molecule has 0 heterocycles. The van der Waals surface area contributed by atoms with Crippen LogP contribution in [0.3, 0.4) is 0 Å². The molecule has 168 valence electrons. The van der Waals surface area contributed by atoms with Crippen molar-refractivity contribution in [1.29, 1.82) is 0 Å². The molecule has 0 aliphatic carbocycles. The van der Waals surface area contributed by atoms with Crippen LogP contribution in [-0.2, 0) is 9.92 Å². The Balaban J connectivity index is 3.94. The third kappa shape index (κ3) is 6.80. The fourth-order valence-electron chi connectivity index (χ4n) is 4.17. The van der Waals surface area contributed by atoms with Crippen LogP contribution in [0.15, 0.2) is 33.5 Å². The van der Waals surface area contributed by atoms with Gasteiger partial charge in [0.2, 0.25) is 9.92 Å². The number of benzene rings is 1. The van der Waals surface area contributed by atoms with Crippen molar-refractivity contribution in [3.05, 3.63) is 29.8 Å². The molecular weight excluding hydrogens is 380 g/mol. The second kappa shape index (κ2) is 10.9. The molecule has 2 atom stereocenters. The van der Waals surface area contributed by atoms with E-state index in [2.05, 4.69) is 41.5 Å². The van der Waals surface area contributed by atoms with Gasteiger partial charge in [0.25, 0.3) is 0 Å². The summed E-state index contributed by atoms with van der Waals surface area (Å²) < 4.78 is 20.6. The molecule has 1 aromatic rings. The predicted molar refractivity (Wildman–Crippen MR) is 125 cm³/mol. The van der Waals surface area contributed by atoms with Gasteiger partial charge in [-0.05, 0) is 25.0 Å².